The van der Waals surface area contributed by atoms with Crippen LogP contribution < -0.4 is 10.2 Å². The Morgan fingerprint density at radius 1 is 1.19 bits per heavy atom. The van der Waals surface area contributed by atoms with E-state index in [4.69, 9.17) is 11.6 Å². The van der Waals surface area contributed by atoms with Crippen LogP contribution in [0.3, 0.4) is 0 Å². The normalized spacial score (nSPS) is 10.3. The van der Waals surface area contributed by atoms with Crippen LogP contribution in [0.5, 0.6) is 0 Å². The maximum atomic E-state index is 12.9. The molecule has 0 atom stereocenters. The van der Waals surface area contributed by atoms with Gasteiger partial charge in [0.2, 0.25) is 0 Å². The summed E-state index contributed by atoms with van der Waals surface area (Å²) in [5.41, 5.74) is 2.34. The van der Waals surface area contributed by atoms with E-state index in [9.17, 15) is 9.18 Å². The number of rotatable bonds is 4. The number of amides is 1. The summed E-state index contributed by atoms with van der Waals surface area (Å²) in [4.78, 5) is 14.0. The first kappa shape index (κ1) is 15.3. The molecule has 1 amide bonds. The van der Waals surface area contributed by atoms with Crippen molar-refractivity contribution in [2.24, 2.45) is 0 Å². The summed E-state index contributed by atoms with van der Waals surface area (Å²) in [5, 5.41) is 2.87. The summed E-state index contributed by atoms with van der Waals surface area (Å²) in [6, 6.07) is 11.6. The number of carbonyl (C=O) groups excluding carboxylic acids is 1. The van der Waals surface area contributed by atoms with Gasteiger partial charge in [0.25, 0.3) is 5.91 Å². The van der Waals surface area contributed by atoms with Crippen molar-refractivity contribution in [2.45, 2.75) is 6.54 Å². The van der Waals surface area contributed by atoms with Gasteiger partial charge in [0, 0.05) is 26.3 Å². The number of anilines is 1. The number of benzene rings is 2. The zero-order chi connectivity index (χ0) is 15.4. The number of carbonyl (C=O) groups is 1. The van der Waals surface area contributed by atoms with E-state index in [0.717, 1.165) is 17.3 Å². The Balaban J connectivity index is 2.00. The fraction of sp³-hybridized carbons (Fsp3) is 0.188. The smallest absolute Gasteiger partial charge is 0.253 e. The van der Waals surface area contributed by atoms with E-state index < -0.39 is 5.82 Å². The highest BCUT2D eigenvalue weighted by Gasteiger charge is 2.10. The summed E-state index contributed by atoms with van der Waals surface area (Å²) in [6.45, 7) is 0.389. The highest BCUT2D eigenvalue weighted by atomic mass is 35.5. The monoisotopic (exact) mass is 306 g/mol. The van der Waals surface area contributed by atoms with Crippen molar-refractivity contribution in [3.63, 3.8) is 0 Å². The Morgan fingerprint density at radius 3 is 2.43 bits per heavy atom. The summed E-state index contributed by atoms with van der Waals surface area (Å²) >= 11 is 5.86. The fourth-order valence-corrected chi connectivity index (χ4v) is 2.12. The van der Waals surface area contributed by atoms with Crippen molar-refractivity contribution < 1.29 is 9.18 Å². The number of nitrogens with one attached hydrogen (secondary N) is 1. The second kappa shape index (κ2) is 6.59. The van der Waals surface area contributed by atoms with Crippen LogP contribution in [0.2, 0.25) is 5.02 Å². The highest BCUT2D eigenvalue weighted by Crippen LogP contribution is 2.17. The molecule has 0 fully saturated rings. The largest absolute Gasteiger partial charge is 0.378 e. The van der Waals surface area contributed by atoms with Gasteiger partial charge in [0.15, 0.2) is 0 Å². The van der Waals surface area contributed by atoms with Crippen molar-refractivity contribution >= 4 is 23.2 Å². The molecule has 2 aromatic rings. The summed E-state index contributed by atoms with van der Waals surface area (Å²) in [6.07, 6.45) is 0. The van der Waals surface area contributed by atoms with E-state index in [2.05, 4.69) is 5.32 Å². The van der Waals surface area contributed by atoms with Crippen LogP contribution in [0, 0.1) is 5.82 Å². The van der Waals surface area contributed by atoms with Gasteiger partial charge >= 0.3 is 0 Å². The molecule has 0 radical (unpaired) electrons. The molecule has 1 N–H and O–H groups in total. The van der Waals surface area contributed by atoms with Crippen LogP contribution in [0.1, 0.15) is 15.9 Å². The van der Waals surface area contributed by atoms with Crippen LogP contribution >= 0.6 is 11.6 Å². The molecule has 3 nitrogen and oxygen atoms in total. The third kappa shape index (κ3) is 3.95. The molecule has 0 heterocycles. The average molecular weight is 307 g/mol. The van der Waals surface area contributed by atoms with Gasteiger partial charge in [-0.05, 0) is 35.9 Å². The van der Waals surface area contributed by atoms with Crippen LogP contribution in [0.4, 0.5) is 10.1 Å². The first-order valence-electron chi connectivity index (χ1n) is 6.47. The number of hydrogen-bond donors (Lipinski definition) is 1. The van der Waals surface area contributed by atoms with Gasteiger partial charge in [-0.2, -0.15) is 0 Å². The zero-order valence-corrected chi connectivity index (χ0v) is 12.6. The molecule has 0 spiro atoms. The third-order valence-electron chi connectivity index (χ3n) is 3.08. The van der Waals surface area contributed by atoms with Gasteiger partial charge in [-0.3, -0.25) is 4.79 Å². The molecular formula is C16H16ClFN2O. The molecular weight excluding hydrogens is 291 g/mol. The lowest BCUT2D eigenvalue weighted by atomic mass is 10.1. The SMILES string of the molecule is CN(C)c1ccc(CNC(=O)c2ccc(F)cc2Cl)cc1. The molecule has 0 bridgehead atoms. The molecule has 21 heavy (non-hydrogen) atoms. The highest BCUT2D eigenvalue weighted by molar-refractivity contribution is 6.33. The molecule has 2 aromatic carbocycles. The number of nitrogens with zero attached hydrogens (tertiary/aromatic N) is 1. The molecule has 0 aliphatic rings. The van der Waals surface area contributed by atoms with Crippen molar-refractivity contribution in [1.29, 1.82) is 0 Å². The Hall–Kier alpha value is -2.07. The zero-order valence-electron chi connectivity index (χ0n) is 11.9. The van der Waals surface area contributed by atoms with Crippen molar-refractivity contribution in [2.75, 3.05) is 19.0 Å². The van der Waals surface area contributed by atoms with Crippen LogP contribution in [-0.4, -0.2) is 20.0 Å². The lowest BCUT2D eigenvalue weighted by Crippen LogP contribution is -2.23. The summed E-state index contributed by atoms with van der Waals surface area (Å²) in [7, 11) is 3.93. The van der Waals surface area contributed by atoms with E-state index in [-0.39, 0.29) is 16.5 Å². The van der Waals surface area contributed by atoms with Crippen LogP contribution in [0.25, 0.3) is 0 Å². The molecule has 0 aliphatic carbocycles. The molecule has 5 heteroatoms. The van der Waals surface area contributed by atoms with E-state index >= 15 is 0 Å². The molecule has 0 saturated heterocycles. The lowest BCUT2D eigenvalue weighted by molar-refractivity contribution is 0.0951. The van der Waals surface area contributed by atoms with Gasteiger partial charge in [0.05, 0.1) is 10.6 Å². The van der Waals surface area contributed by atoms with E-state index in [1.165, 1.54) is 12.1 Å². The molecule has 0 unspecified atom stereocenters. The molecule has 2 rings (SSSR count). The average Bonchev–Trinajstić information content (AvgIpc) is 2.45. The van der Waals surface area contributed by atoms with Gasteiger partial charge in [-0.1, -0.05) is 23.7 Å². The van der Waals surface area contributed by atoms with E-state index in [0.29, 0.717) is 6.54 Å². The Bertz CT molecular complexity index is 641. The topological polar surface area (TPSA) is 32.3 Å². The minimum Gasteiger partial charge on any atom is -0.378 e. The fourth-order valence-electron chi connectivity index (χ4n) is 1.86. The first-order chi connectivity index (χ1) is 9.97. The van der Waals surface area contributed by atoms with Gasteiger partial charge in [0.1, 0.15) is 5.82 Å². The predicted octanol–water partition coefficient (Wildman–Crippen LogP) is 3.48. The van der Waals surface area contributed by atoms with Crippen molar-refractivity contribution in [1.82, 2.24) is 5.32 Å². The third-order valence-corrected chi connectivity index (χ3v) is 3.39. The van der Waals surface area contributed by atoms with E-state index in [1.54, 1.807) is 0 Å². The van der Waals surface area contributed by atoms with Crippen molar-refractivity contribution in [3.8, 4) is 0 Å². The van der Waals surface area contributed by atoms with Gasteiger partial charge in [-0.25, -0.2) is 4.39 Å². The lowest BCUT2D eigenvalue weighted by Gasteiger charge is -2.13. The number of hydrogen-bond acceptors (Lipinski definition) is 2. The maximum Gasteiger partial charge on any atom is 0.253 e. The Kier molecular flexibility index (Phi) is 4.81. The first-order valence-corrected chi connectivity index (χ1v) is 6.84. The Labute approximate surface area is 128 Å². The molecule has 0 aliphatic heterocycles. The Morgan fingerprint density at radius 2 is 1.86 bits per heavy atom. The minimum atomic E-state index is -0.462. The van der Waals surface area contributed by atoms with Crippen molar-refractivity contribution in [3.05, 3.63) is 64.4 Å². The standard InChI is InChI=1S/C16H16ClFN2O/c1-20(2)13-6-3-11(4-7-13)10-19-16(21)14-8-5-12(18)9-15(14)17/h3-9H,10H2,1-2H3,(H,19,21). The van der Waals surface area contributed by atoms with Gasteiger partial charge < -0.3 is 10.2 Å². The summed E-state index contributed by atoms with van der Waals surface area (Å²) in [5.74, 6) is -0.785. The van der Waals surface area contributed by atoms with Crippen LogP contribution in [0.15, 0.2) is 42.5 Å². The number of halogens is 2. The molecule has 110 valence electrons. The minimum absolute atomic E-state index is 0.107. The van der Waals surface area contributed by atoms with Gasteiger partial charge in [-0.15, -0.1) is 0 Å². The maximum absolute atomic E-state index is 12.9. The molecule has 0 saturated carbocycles. The second-order valence-corrected chi connectivity index (χ2v) is 5.27. The quantitative estimate of drug-likeness (QED) is 0.938. The predicted molar refractivity (Wildman–Crippen MR) is 83.3 cm³/mol. The van der Waals surface area contributed by atoms with E-state index in [1.807, 2.05) is 43.3 Å². The summed E-state index contributed by atoms with van der Waals surface area (Å²) < 4.78 is 12.9. The molecule has 0 aromatic heterocycles. The second-order valence-electron chi connectivity index (χ2n) is 4.87. The van der Waals surface area contributed by atoms with Crippen LogP contribution in [-0.2, 0) is 6.54 Å².